The fourth-order valence-corrected chi connectivity index (χ4v) is 4.36. The molecule has 1 aliphatic carbocycles. The van der Waals surface area contributed by atoms with Crippen molar-refractivity contribution in [2.24, 2.45) is 17.1 Å². The first-order valence-corrected chi connectivity index (χ1v) is 8.71. The second-order valence-electron chi connectivity index (χ2n) is 7.42. The zero-order valence-electron chi connectivity index (χ0n) is 13.4. The lowest BCUT2D eigenvalue weighted by Gasteiger charge is -2.40. The highest BCUT2D eigenvalue weighted by Gasteiger charge is 2.37. The maximum absolute atomic E-state index is 6.44. The normalized spacial score (nSPS) is 25.0. The van der Waals surface area contributed by atoms with Crippen LogP contribution in [0.5, 0.6) is 0 Å². The van der Waals surface area contributed by atoms with Gasteiger partial charge in [-0.2, -0.15) is 0 Å². The van der Waals surface area contributed by atoms with Gasteiger partial charge in [-0.15, -0.1) is 0 Å². The summed E-state index contributed by atoms with van der Waals surface area (Å²) in [5, 5.41) is 0. The zero-order chi connectivity index (χ0) is 14.7. The average molecular weight is 286 g/mol. The van der Waals surface area contributed by atoms with Crippen molar-refractivity contribution >= 4 is 0 Å². The van der Waals surface area contributed by atoms with Crippen LogP contribution in [-0.4, -0.2) is 24.5 Å². The van der Waals surface area contributed by atoms with Gasteiger partial charge in [-0.3, -0.25) is 0 Å². The minimum Gasteiger partial charge on any atom is -0.324 e. The third-order valence-corrected chi connectivity index (χ3v) is 5.92. The van der Waals surface area contributed by atoms with Crippen LogP contribution in [0.3, 0.4) is 0 Å². The molecule has 1 aromatic rings. The number of nitrogens with two attached hydrogens (primary N) is 1. The lowest BCUT2D eigenvalue weighted by molar-refractivity contribution is 0.0943. The summed E-state index contributed by atoms with van der Waals surface area (Å²) in [6.07, 6.45) is 8.74. The fourth-order valence-electron chi connectivity index (χ4n) is 4.36. The molecule has 0 amide bonds. The zero-order valence-corrected chi connectivity index (χ0v) is 13.4. The topological polar surface area (TPSA) is 29.3 Å². The summed E-state index contributed by atoms with van der Waals surface area (Å²) in [4.78, 5) is 2.65. The second kappa shape index (κ2) is 6.50. The van der Waals surface area contributed by atoms with E-state index in [0.717, 1.165) is 12.0 Å². The Bertz CT molecular complexity index is 426. The Kier molecular flexibility index (Phi) is 4.66. The number of piperidine rings is 1. The minimum absolute atomic E-state index is 0.161. The molecule has 1 aliphatic heterocycles. The predicted molar refractivity (Wildman–Crippen MR) is 89.1 cm³/mol. The molecule has 0 bridgehead atoms. The SMILES string of the molecule is CC(CN1CCC2(CCCC2)CC1)C(N)c1ccccc1. The molecular formula is C19H30N2. The summed E-state index contributed by atoms with van der Waals surface area (Å²) in [5.74, 6) is 0.519. The molecule has 2 atom stereocenters. The third kappa shape index (κ3) is 3.49. The Hall–Kier alpha value is -0.860. The van der Waals surface area contributed by atoms with Crippen molar-refractivity contribution in [2.75, 3.05) is 19.6 Å². The molecule has 2 heteroatoms. The van der Waals surface area contributed by atoms with E-state index in [9.17, 15) is 0 Å². The predicted octanol–water partition coefficient (Wildman–Crippen LogP) is 3.98. The van der Waals surface area contributed by atoms with Crippen LogP contribution in [0.4, 0.5) is 0 Å². The Morgan fingerprint density at radius 2 is 1.67 bits per heavy atom. The highest BCUT2D eigenvalue weighted by molar-refractivity contribution is 5.19. The molecule has 3 rings (SSSR count). The largest absolute Gasteiger partial charge is 0.324 e. The molecule has 1 aromatic carbocycles. The van der Waals surface area contributed by atoms with Crippen LogP contribution < -0.4 is 5.73 Å². The Labute approximate surface area is 129 Å². The van der Waals surface area contributed by atoms with Crippen LogP contribution in [0.1, 0.15) is 57.1 Å². The fraction of sp³-hybridized carbons (Fsp3) is 0.684. The third-order valence-electron chi connectivity index (χ3n) is 5.92. The monoisotopic (exact) mass is 286 g/mol. The van der Waals surface area contributed by atoms with E-state index in [2.05, 4.69) is 42.2 Å². The van der Waals surface area contributed by atoms with Crippen molar-refractivity contribution in [3.05, 3.63) is 35.9 Å². The van der Waals surface area contributed by atoms with E-state index in [0.29, 0.717) is 5.92 Å². The standard InChI is InChI=1S/C19H30N2/c1-16(18(20)17-7-3-2-4-8-17)15-21-13-11-19(12-14-21)9-5-6-10-19/h2-4,7-8,16,18H,5-6,9-15,20H2,1H3. The summed E-state index contributed by atoms with van der Waals surface area (Å²) < 4.78 is 0. The number of hydrogen-bond acceptors (Lipinski definition) is 2. The van der Waals surface area contributed by atoms with Crippen molar-refractivity contribution in [2.45, 2.75) is 51.5 Å². The van der Waals surface area contributed by atoms with Gasteiger partial charge in [-0.1, -0.05) is 50.1 Å². The lowest BCUT2D eigenvalue weighted by Crippen LogP contribution is -2.42. The van der Waals surface area contributed by atoms with Gasteiger partial charge in [0.05, 0.1) is 0 Å². The Balaban J connectivity index is 1.50. The molecule has 116 valence electrons. The van der Waals surface area contributed by atoms with Crippen LogP contribution in [0, 0.1) is 11.3 Å². The lowest BCUT2D eigenvalue weighted by atomic mass is 9.77. The molecule has 1 heterocycles. The molecular weight excluding hydrogens is 256 g/mol. The molecule has 2 unspecified atom stereocenters. The van der Waals surface area contributed by atoms with Gasteiger partial charge in [0.2, 0.25) is 0 Å². The molecule has 2 nitrogen and oxygen atoms in total. The van der Waals surface area contributed by atoms with E-state index in [1.54, 1.807) is 0 Å². The quantitative estimate of drug-likeness (QED) is 0.907. The molecule has 0 aromatic heterocycles. The van der Waals surface area contributed by atoms with E-state index in [1.165, 1.54) is 57.2 Å². The van der Waals surface area contributed by atoms with Crippen molar-refractivity contribution in [3.63, 3.8) is 0 Å². The van der Waals surface area contributed by atoms with Crippen LogP contribution in [-0.2, 0) is 0 Å². The second-order valence-corrected chi connectivity index (χ2v) is 7.42. The molecule has 1 saturated carbocycles. The Morgan fingerprint density at radius 3 is 2.29 bits per heavy atom. The molecule has 21 heavy (non-hydrogen) atoms. The minimum atomic E-state index is 0.161. The Morgan fingerprint density at radius 1 is 1.05 bits per heavy atom. The van der Waals surface area contributed by atoms with Crippen LogP contribution in [0.2, 0.25) is 0 Å². The summed E-state index contributed by atoms with van der Waals surface area (Å²) in [6, 6.07) is 10.7. The van der Waals surface area contributed by atoms with Gasteiger partial charge in [-0.05, 0) is 55.7 Å². The highest BCUT2D eigenvalue weighted by atomic mass is 15.1. The average Bonchev–Trinajstić information content (AvgIpc) is 2.98. The van der Waals surface area contributed by atoms with Gasteiger partial charge < -0.3 is 10.6 Å². The number of nitrogens with zero attached hydrogens (tertiary/aromatic N) is 1. The first kappa shape index (κ1) is 15.1. The van der Waals surface area contributed by atoms with Crippen molar-refractivity contribution in [1.29, 1.82) is 0 Å². The maximum atomic E-state index is 6.44. The molecule has 1 spiro atoms. The first-order valence-electron chi connectivity index (χ1n) is 8.71. The molecule has 0 radical (unpaired) electrons. The van der Waals surface area contributed by atoms with Gasteiger partial charge >= 0.3 is 0 Å². The number of rotatable bonds is 4. The van der Waals surface area contributed by atoms with Crippen molar-refractivity contribution in [3.8, 4) is 0 Å². The van der Waals surface area contributed by atoms with Crippen LogP contribution in [0.15, 0.2) is 30.3 Å². The first-order chi connectivity index (χ1) is 10.2. The van der Waals surface area contributed by atoms with Gasteiger partial charge in [0.15, 0.2) is 0 Å². The molecule has 2 aliphatic rings. The van der Waals surface area contributed by atoms with E-state index in [1.807, 2.05) is 0 Å². The van der Waals surface area contributed by atoms with Crippen molar-refractivity contribution in [1.82, 2.24) is 4.90 Å². The molecule has 2 N–H and O–H groups in total. The summed E-state index contributed by atoms with van der Waals surface area (Å²) in [5.41, 5.74) is 8.44. The highest BCUT2D eigenvalue weighted by Crippen LogP contribution is 2.46. The van der Waals surface area contributed by atoms with Gasteiger partial charge in [0, 0.05) is 12.6 Å². The van der Waals surface area contributed by atoms with Crippen LogP contribution >= 0.6 is 0 Å². The van der Waals surface area contributed by atoms with E-state index >= 15 is 0 Å². The molecule has 1 saturated heterocycles. The van der Waals surface area contributed by atoms with Gasteiger partial charge in [0.25, 0.3) is 0 Å². The van der Waals surface area contributed by atoms with Gasteiger partial charge in [0.1, 0.15) is 0 Å². The van der Waals surface area contributed by atoms with E-state index in [-0.39, 0.29) is 6.04 Å². The summed E-state index contributed by atoms with van der Waals surface area (Å²) >= 11 is 0. The van der Waals surface area contributed by atoms with E-state index < -0.39 is 0 Å². The molecule has 2 fully saturated rings. The number of likely N-dealkylation sites (tertiary alicyclic amines) is 1. The summed E-state index contributed by atoms with van der Waals surface area (Å²) in [7, 11) is 0. The van der Waals surface area contributed by atoms with Crippen molar-refractivity contribution < 1.29 is 0 Å². The maximum Gasteiger partial charge on any atom is 0.0333 e. The summed E-state index contributed by atoms with van der Waals surface area (Å²) in [6.45, 7) is 6.02. The number of hydrogen-bond donors (Lipinski definition) is 1. The smallest absolute Gasteiger partial charge is 0.0333 e. The number of benzene rings is 1. The van der Waals surface area contributed by atoms with Gasteiger partial charge in [-0.25, -0.2) is 0 Å². The van der Waals surface area contributed by atoms with E-state index in [4.69, 9.17) is 5.73 Å². The van der Waals surface area contributed by atoms with Crippen LogP contribution in [0.25, 0.3) is 0 Å².